The van der Waals surface area contributed by atoms with Gasteiger partial charge in [-0.3, -0.25) is 0 Å². The van der Waals surface area contributed by atoms with E-state index in [2.05, 4.69) is 15.9 Å². The van der Waals surface area contributed by atoms with E-state index < -0.39 is 27.1 Å². The Labute approximate surface area is 116 Å². The third kappa shape index (κ3) is 3.78. The summed E-state index contributed by atoms with van der Waals surface area (Å²) < 4.78 is 23.8. The predicted molar refractivity (Wildman–Crippen MR) is 76.3 cm³/mol. The number of hydrogen-bond donors (Lipinski definition) is 2. The number of hydrogen-bond acceptors (Lipinski definition) is 4. The van der Waals surface area contributed by atoms with Crippen molar-refractivity contribution in [1.29, 1.82) is 0 Å². The number of aliphatic hydroxyl groups excluding tert-OH is 1. The highest BCUT2D eigenvalue weighted by Crippen LogP contribution is 2.25. The quantitative estimate of drug-likeness (QED) is 0.849. The zero-order valence-electron chi connectivity index (χ0n) is 10.4. The highest BCUT2D eigenvalue weighted by Gasteiger charge is 2.31. The molecule has 0 heterocycles. The maximum Gasteiger partial charge on any atom is 0.152 e. The van der Waals surface area contributed by atoms with E-state index in [1.807, 2.05) is 24.3 Å². The van der Waals surface area contributed by atoms with E-state index in [1.54, 1.807) is 0 Å². The largest absolute Gasteiger partial charge is 0.391 e. The van der Waals surface area contributed by atoms with Gasteiger partial charge in [0.15, 0.2) is 9.84 Å². The van der Waals surface area contributed by atoms with Gasteiger partial charge in [-0.1, -0.05) is 28.1 Å². The lowest BCUT2D eigenvalue weighted by atomic mass is 9.92. The molecular formula is C12H18BrNO3S. The molecule has 0 spiro atoms. The van der Waals surface area contributed by atoms with Crippen molar-refractivity contribution >= 4 is 25.8 Å². The molecule has 0 fully saturated rings. The first-order valence-corrected chi connectivity index (χ1v) is 8.34. The van der Waals surface area contributed by atoms with Gasteiger partial charge in [0.05, 0.1) is 11.4 Å². The first-order chi connectivity index (χ1) is 8.27. The molecule has 0 amide bonds. The van der Waals surface area contributed by atoms with Crippen LogP contribution in [0.5, 0.6) is 0 Å². The topological polar surface area (TPSA) is 80.4 Å². The molecule has 102 valence electrons. The second-order valence-electron chi connectivity index (χ2n) is 4.42. The fourth-order valence-electron chi connectivity index (χ4n) is 1.79. The molecule has 1 rings (SSSR count). The van der Waals surface area contributed by atoms with Gasteiger partial charge in [-0.05, 0) is 24.6 Å². The van der Waals surface area contributed by atoms with Crippen molar-refractivity contribution in [2.45, 2.75) is 24.2 Å². The van der Waals surface area contributed by atoms with Crippen LogP contribution in [0.4, 0.5) is 0 Å². The van der Waals surface area contributed by atoms with Gasteiger partial charge < -0.3 is 10.8 Å². The van der Waals surface area contributed by atoms with Crippen LogP contribution in [0.2, 0.25) is 0 Å². The van der Waals surface area contributed by atoms with Crippen LogP contribution in [0, 0.1) is 0 Å². The van der Waals surface area contributed by atoms with E-state index in [0.717, 1.165) is 16.3 Å². The third-order valence-electron chi connectivity index (χ3n) is 3.10. The number of benzene rings is 1. The first-order valence-electron chi connectivity index (χ1n) is 5.60. The molecule has 1 aromatic rings. The van der Waals surface area contributed by atoms with Gasteiger partial charge in [-0.2, -0.15) is 0 Å². The molecule has 18 heavy (non-hydrogen) atoms. The number of halogens is 1. The molecule has 0 aliphatic rings. The molecular weight excluding hydrogens is 318 g/mol. The van der Waals surface area contributed by atoms with E-state index in [-0.39, 0.29) is 6.54 Å². The summed E-state index contributed by atoms with van der Waals surface area (Å²) in [6.45, 7) is 1.69. The summed E-state index contributed by atoms with van der Waals surface area (Å²) in [6, 6.07) is 7.37. The van der Waals surface area contributed by atoms with Crippen molar-refractivity contribution in [1.82, 2.24) is 0 Å². The lowest BCUT2D eigenvalue weighted by Crippen LogP contribution is -2.38. The average Bonchev–Trinajstić information content (AvgIpc) is 2.27. The first kappa shape index (κ1) is 15.6. The predicted octanol–water partition coefficient (Wildman–Crippen LogP) is 1.29. The minimum atomic E-state index is -3.29. The van der Waals surface area contributed by atoms with Gasteiger partial charge in [-0.15, -0.1) is 0 Å². The Kier molecular flexibility index (Phi) is 5.33. The van der Waals surface area contributed by atoms with Crippen LogP contribution in [-0.4, -0.2) is 37.7 Å². The van der Waals surface area contributed by atoms with Crippen molar-refractivity contribution in [2.75, 3.05) is 12.8 Å². The lowest BCUT2D eigenvalue weighted by Gasteiger charge is -2.26. The Morgan fingerprint density at radius 3 is 2.50 bits per heavy atom. The minimum absolute atomic E-state index is 0.192. The summed E-state index contributed by atoms with van der Waals surface area (Å²) in [5.41, 5.74) is 6.50. The van der Waals surface area contributed by atoms with Gasteiger partial charge in [0, 0.05) is 23.2 Å². The Balaban J connectivity index is 3.04. The molecule has 0 bridgehead atoms. The van der Waals surface area contributed by atoms with Gasteiger partial charge in [0.25, 0.3) is 0 Å². The fraction of sp³-hybridized carbons (Fsp3) is 0.500. The van der Waals surface area contributed by atoms with Crippen LogP contribution in [0.25, 0.3) is 0 Å². The van der Waals surface area contributed by atoms with Crippen LogP contribution in [0.1, 0.15) is 18.4 Å². The standard InChI is InChI=1S/C12H18BrNO3S/c1-8(18(2,16)17)12(15)11(7-14)9-4-3-5-10(13)6-9/h3-6,8,11-12,15H,7,14H2,1-2H3. The van der Waals surface area contributed by atoms with Crippen LogP contribution in [0.15, 0.2) is 28.7 Å². The normalized spacial score (nSPS) is 17.2. The van der Waals surface area contributed by atoms with Crippen molar-refractivity contribution in [3.8, 4) is 0 Å². The van der Waals surface area contributed by atoms with Gasteiger partial charge in [-0.25, -0.2) is 8.42 Å². The van der Waals surface area contributed by atoms with E-state index in [9.17, 15) is 13.5 Å². The molecule has 3 N–H and O–H groups in total. The molecule has 0 aliphatic heterocycles. The molecule has 1 aromatic carbocycles. The smallest absolute Gasteiger partial charge is 0.152 e. The van der Waals surface area contributed by atoms with Crippen LogP contribution < -0.4 is 5.73 Å². The van der Waals surface area contributed by atoms with Crippen LogP contribution >= 0.6 is 15.9 Å². The number of nitrogens with two attached hydrogens (primary N) is 1. The number of sulfone groups is 1. The zero-order chi connectivity index (χ0) is 13.9. The summed E-state index contributed by atoms with van der Waals surface area (Å²) in [5, 5.41) is 9.34. The maximum atomic E-state index is 11.5. The van der Waals surface area contributed by atoms with Crippen molar-refractivity contribution in [3.63, 3.8) is 0 Å². The Morgan fingerprint density at radius 2 is 2.06 bits per heavy atom. The summed E-state index contributed by atoms with van der Waals surface area (Å²) in [7, 11) is -3.29. The van der Waals surface area contributed by atoms with Gasteiger partial charge in [0.1, 0.15) is 0 Å². The molecule has 0 saturated carbocycles. The molecule has 4 nitrogen and oxygen atoms in total. The van der Waals surface area contributed by atoms with Gasteiger partial charge in [0.2, 0.25) is 0 Å². The van der Waals surface area contributed by atoms with E-state index in [4.69, 9.17) is 5.73 Å². The molecule has 0 radical (unpaired) electrons. The summed E-state index contributed by atoms with van der Waals surface area (Å²) in [4.78, 5) is 0. The molecule has 0 saturated heterocycles. The van der Waals surface area contributed by atoms with Crippen molar-refractivity contribution < 1.29 is 13.5 Å². The SMILES string of the molecule is CC(C(O)C(CN)c1cccc(Br)c1)S(C)(=O)=O. The Hall–Kier alpha value is -0.430. The highest BCUT2D eigenvalue weighted by molar-refractivity contribution is 9.10. The molecule has 3 atom stereocenters. The van der Waals surface area contributed by atoms with Crippen molar-refractivity contribution in [2.24, 2.45) is 5.73 Å². The highest BCUT2D eigenvalue weighted by atomic mass is 79.9. The third-order valence-corrected chi connectivity index (χ3v) is 5.22. The number of aliphatic hydroxyl groups is 1. The van der Waals surface area contributed by atoms with Crippen LogP contribution in [0.3, 0.4) is 0 Å². The second kappa shape index (κ2) is 6.14. The lowest BCUT2D eigenvalue weighted by molar-refractivity contribution is 0.144. The number of rotatable bonds is 5. The summed E-state index contributed by atoms with van der Waals surface area (Å²) in [6.07, 6.45) is 0.106. The maximum absolute atomic E-state index is 11.5. The Bertz CT molecular complexity index is 504. The van der Waals surface area contributed by atoms with E-state index in [0.29, 0.717) is 0 Å². The summed E-state index contributed by atoms with van der Waals surface area (Å²) >= 11 is 3.34. The molecule has 3 unspecified atom stereocenters. The summed E-state index contributed by atoms with van der Waals surface area (Å²) in [5.74, 6) is -0.396. The monoisotopic (exact) mass is 335 g/mol. The molecule has 6 heteroatoms. The Morgan fingerprint density at radius 1 is 1.44 bits per heavy atom. The van der Waals surface area contributed by atoms with E-state index in [1.165, 1.54) is 6.92 Å². The van der Waals surface area contributed by atoms with Crippen LogP contribution in [-0.2, 0) is 9.84 Å². The van der Waals surface area contributed by atoms with E-state index >= 15 is 0 Å². The molecule has 0 aliphatic carbocycles. The van der Waals surface area contributed by atoms with Crippen molar-refractivity contribution in [3.05, 3.63) is 34.3 Å². The molecule has 0 aromatic heterocycles. The minimum Gasteiger partial charge on any atom is -0.391 e. The second-order valence-corrected chi connectivity index (χ2v) is 7.74. The van der Waals surface area contributed by atoms with Gasteiger partial charge >= 0.3 is 0 Å². The zero-order valence-corrected chi connectivity index (χ0v) is 12.8. The average molecular weight is 336 g/mol. The fourth-order valence-corrected chi connectivity index (χ4v) is 2.90.